The number of aryl methyl sites for hydroxylation is 1. The van der Waals surface area contributed by atoms with Gasteiger partial charge in [-0.1, -0.05) is 37.3 Å². The molecule has 0 aliphatic carbocycles. The molecule has 2 aromatic carbocycles. The summed E-state index contributed by atoms with van der Waals surface area (Å²) in [6, 6.07) is 13.9. The molecule has 0 saturated heterocycles. The van der Waals surface area contributed by atoms with E-state index in [-0.39, 0.29) is 11.9 Å². The zero-order valence-electron chi connectivity index (χ0n) is 11.8. The van der Waals surface area contributed by atoms with Crippen LogP contribution in [0.3, 0.4) is 0 Å². The summed E-state index contributed by atoms with van der Waals surface area (Å²) < 4.78 is 13.7. The van der Waals surface area contributed by atoms with E-state index in [0.717, 1.165) is 18.5 Å². The number of nitrogens with one attached hydrogen (secondary N) is 1. The highest BCUT2D eigenvalue weighted by atomic mass is 79.9. The van der Waals surface area contributed by atoms with Crippen LogP contribution in [0.2, 0.25) is 0 Å². The van der Waals surface area contributed by atoms with Gasteiger partial charge in [0.15, 0.2) is 0 Å². The van der Waals surface area contributed by atoms with Gasteiger partial charge >= 0.3 is 0 Å². The van der Waals surface area contributed by atoms with Gasteiger partial charge < -0.3 is 5.32 Å². The summed E-state index contributed by atoms with van der Waals surface area (Å²) >= 11 is 3.22. The van der Waals surface area contributed by atoms with E-state index in [1.807, 2.05) is 12.1 Å². The van der Waals surface area contributed by atoms with Crippen molar-refractivity contribution in [2.45, 2.75) is 32.9 Å². The Morgan fingerprint density at radius 1 is 1.10 bits per heavy atom. The maximum Gasteiger partial charge on any atom is 0.137 e. The molecule has 0 bridgehead atoms. The largest absolute Gasteiger partial charge is 0.306 e. The second-order valence-electron chi connectivity index (χ2n) is 4.95. The maximum atomic E-state index is 13.2. The van der Waals surface area contributed by atoms with E-state index in [2.05, 4.69) is 59.4 Å². The van der Waals surface area contributed by atoms with Crippen molar-refractivity contribution in [2.75, 3.05) is 0 Å². The van der Waals surface area contributed by atoms with Crippen molar-refractivity contribution in [3.63, 3.8) is 0 Å². The molecule has 0 saturated carbocycles. The van der Waals surface area contributed by atoms with Crippen LogP contribution in [0, 0.1) is 5.82 Å². The molecule has 20 heavy (non-hydrogen) atoms. The Labute approximate surface area is 128 Å². The number of rotatable bonds is 5. The van der Waals surface area contributed by atoms with Crippen LogP contribution in [-0.4, -0.2) is 0 Å². The van der Waals surface area contributed by atoms with Crippen molar-refractivity contribution in [3.8, 4) is 0 Å². The quantitative estimate of drug-likeness (QED) is 0.810. The lowest BCUT2D eigenvalue weighted by Gasteiger charge is -2.15. The summed E-state index contributed by atoms with van der Waals surface area (Å²) in [4.78, 5) is 0. The van der Waals surface area contributed by atoms with Crippen LogP contribution in [0.25, 0.3) is 0 Å². The molecule has 1 unspecified atom stereocenters. The Morgan fingerprint density at radius 2 is 1.75 bits per heavy atom. The van der Waals surface area contributed by atoms with E-state index in [1.165, 1.54) is 17.2 Å². The average Bonchev–Trinajstić information content (AvgIpc) is 2.48. The van der Waals surface area contributed by atoms with Gasteiger partial charge in [-0.15, -0.1) is 0 Å². The normalized spacial score (nSPS) is 12.4. The van der Waals surface area contributed by atoms with Crippen LogP contribution in [0.4, 0.5) is 4.39 Å². The fraction of sp³-hybridized carbons (Fsp3) is 0.294. The lowest BCUT2D eigenvalue weighted by molar-refractivity contribution is 0.570. The lowest BCUT2D eigenvalue weighted by Crippen LogP contribution is -2.18. The molecule has 0 radical (unpaired) electrons. The van der Waals surface area contributed by atoms with E-state index >= 15 is 0 Å². The molecule has 106 valence electrons. The van der Waals surface area contributed by atoms with Gasteiger partial charge in [0, 0.05) is 12.6 Å². The van der Waals surface area contributed by atoms with Gasteiger partial charge in [0.2, 0.25) is 0 Å². The van der Waals surface area contributed by atoms with E-state index in [0.29, 0.717) is 4.47 Å². The molecule has 0 spiro atoms. The Morgan fingerprint density at radius 3 is 2.35 bits per heavy atom. The van der Waals surface area contributed by atoms with Crippen LogP contribution in [0.15, 0.2) is 46.9 Å². The smallest absolute Gasteiger partial charge is 0.137 e. The molecule has 1 nitrogen and oxygen atoms in total. The molecule has 0 heterocycles. The Bertz CT molecular complexity index is 566. The average molecular weight is 336 g/mol. The highest BCUT2D eigenvalue weighted by Gasteiger charge is 2.07. The molecule has 3 heteroatoms. The fourth-order valence-corrected chi connectivity index (χ4v) is 2.46. The van der Waals surface area contributed by atoms with Gasteiger partial charge in [-0.3, -0.25) is 0 Å². The number of hydrogen-bond acceptors (Lipinski definition) is 1. The third kappa shape index (κ3) is 3.90. The molecule has 1 N–H and O–H groups in total. The molecule has 0 aromatic heterocycles. The standard InChI is InChI=1S/C17H19BrFN/c1-3-13-4-6-14(7-5-13)11-20-12(2)15-8-9-17(19)16(18)10-15/h4-10,12,20H,3,11H2,1-2H3. The Hall–Kier alpha value is -1.19. The Balaban J connectivity index is 1.96. The predicted octanol–water partition coefficient (Wildman–Crippen LogP) is 5.00. The first-order valence-electron chi connectivity index (χ1n) is 6.86. The molecule has 2 rings (SSSR count). The first-order chi connectivity index (χ1) is 9.60. The van der Waals surface area contributed by atoms with Gasteiger partial charge in [0.1, 0.15) is 5.82 Å². The molecule has 0 aliphatic heterocycles. The van der Waals surface area contributed by atoms with Crippen molar-refractivity contribution >= 4 is 15.9 Å². The van der Waals surface area contributed by atoms with Crippen molar-refractivity contribution in [2.24, 2.45) is 0 Å². The van der Waals surface area contributed by atoms with Crippen molar-refractivity contribution in [1.29, 1.82) is 0 Å². The van der Waals surface area contributed by atoms with E-state index < -0.39 is 0 Å². The zero-order chi connectivity index (χ0) is 14.5. The van der Waals surface area contributed by atoms with Gasteiger partial charge in [0.25, 0.3) is 0 Å². The van der Waals surface area contributed by atoms with Gasteiger partial charge in [-0.05, 0) is 58.1 Å². The Kier molecular flexibility index (Phi) is 5.32. The highest BCUT2D eigenvalue weighted by Crippen LogP contribution is 2.21. The van der Waals surface area contributed by atoms with Crippen LogP contribution in [0.5, 0.6) is 0 Å². The van der Waals surface area contributed by atoms with Gasteiger partial charge in [-0.2, -0.15) is 0 Å². The minimum absolute atomic E-state index is 0.178. The van der Waals surface area contributed by atoms with Crippen molar-refractivity contribution in [3.05, 3.63) is 69.4 Å². The summed E-state index contributed by atoms with van der Waals surface area (Å²) in [7, 11) is 0. The van der Waals surface area contributed by atoms with Gasteiger partial charge in [-0.25, -0.2) is 4.39 Å². The van der Waals surface area contributed by atoms with Crippen LogP contribution >= 0.6 is 15.9 Å². The van der Waals surface area contributed by atoms with Crippen LogP contribution in [0.1, 0.15) is 36.6 Å². The summed E-state index contributed by atoms with van der Waals surface area (Å²) in [6.07, 6.45) is 1.06. The van der Waals surface area contributed by atoms with Crippen molar-refractivity contribution in [1.82, 2.24) is 5.32 Å². The molecular weight excluding hydrogens is 317 g/mol. The summed E-state index contributed by atoms with van der Waals surface area (Å²) in [5, 5.41) is 3.46. The topological polar surface area (TPSA) is 12.0 Å². The molecule has 1 atom stereocenters. The van der Waals surface area contributed by atoms with Gasteiger partial charge in [0.05, 0.1) is 4.47 Å². The summed E-state index contributed by atoms with van der Waals surface area (Å²) in [6.45, 7) is 5.04. The maximum absolute atomic E-state index is 13.2. The molecular formula is C17H19BrFN. The lowest BCUT2D eigenvalue weighted by atomic mass is 10.1. The SMILES string of the molecule is CCc1ccc(CNC(C)c2ccc(F)c(Br)c2)cc1. The first kappa shape index (κ1) is 15.2. The molecule has 0 aliphatic rings. The van der Waals surface area contributed by atoms with Crippen molar-refractivity contribution < 1.29 is 4.39 Å². The summed E-state index contributed by atoms with van der Waals surface area (Å²) in [5.41, 5.74) is 3.68. The van der Waals surface area contributed by atoms with E-state index in [4.69, 9.17) is 0 Å². The predicted molar refractivity (Wildman–Crippen MR) is 85.2 cm³/mol. The minimum atomic E-state index is -0.226. The molecule has 0 amide bonds. The van der Waals surface area contributed by atoms with E-state index in [9.17, 15) is 4.39 Å². The van der Waals surface area contributed by atoms with E-state index in [1.54, 1.807) is 0 Å². The number of hydrogen-bond donors (Lipinski definition) is 1. The minimum Gasteiger partial charge on any atom is -0.306 e. The second kappa shape index (κ2) is 7.00. The zero-order valence-corrected chi connectivity index (χ0v) is 13.4. The number of halogens is 2. The molecule has 2 aromatic rings. The third-order valence-corrected chi connectivity index (χ3v) is 4.09. The van der Waals surface area contributed by atoms with Crippen LogP contribution in [-0.2, 0) is 13.0 Å². The monoisotopic (exact) mass is 335 g/mol. The third-order valence-electron chi connectivity index (χ3n) is 3.49. The number of benzene rings is 2. The second-order valence-corrected chi connectivity index (χ2v) is 5.80. The fourth-order valence-electron chi connectivity index (χ4n) is 2.06. The highest BCUT2D eigenvalue weighted by molar-refractivity contribution is 9.10. The molecule has 0 fully saturated rings. The summed E-state index contributed by atoms with van der Waals surface area (Å²) in [5.74, 6) is -0.226. The van der Waals surface area contributed by atoms with Crippen LogP contribution < -0.4 is 5.32 Å². The first-order valence-corrected chi connectivity index (χ1v) is 7.65.